The second kappa shape index (κ2) is 4.77. The third kappa shape index (κ3) is 2.40. The Morgan fingerprint density at radius 1 is 1.35 bits per heavy atom. The van der Waals surface area contributed by atoms with Crippen LogP contribution in [0.5, 0.6) is 0 Å². The predicted octanol–water partition coefficient (Wildman–Crippen LogP) is 2.44. The minimum atomic E-state index is -4.72. The van der Waals surface area contributed by atoms with Crippen LogP contribution in [0.15, 0.2) is 18.2 Å². The molecule has 20 heavy (non-hydrogen) atoms. The van der Waals surface area contributed by atoms with Gasteiger partial charge in [-0.3, -0.25) is 4.79 Å². The predicted molar refractivity (Wildman–Crippen MR) is 67.4 cm³/mol. The van der Waals surface area contributed by atoms with Gasteiger partial charge in [0.25, 0.3) is 5.91 Å². The molecule has 1 aromatic rings. The summed E-state index contributed by atoms with van der Waals surface area (Å²) in [6.45, 7) is 2.79. The topological polar surface area (TPSA) is 40.5 Å². The highest BCUT2D eigenvalue weighted by atomic mass is 19.4. The molecule has 1 aliphatic rings. The Bertz CT molecular complexity index is 542. The molecule has 0 spiro atoms. The molecule has 1 aromatic carbocycles. The van der Waals surface area contributed by atoms with Crippen molar-refractivity contribution in [2.75, 3.05) is 13.1 Å². The molecule has 1 heterocycles. The van der Waals surface area contributed by atoms with Crippen molar-refractivity contribution in [3.63, 3.8) is 0 Å². The molecule has 1 atom stereocenters. The quantitative estimate of drug-likeness (QED) is 0.862. The Balaban J connectivity index is 2.23. The molecule has 2 rings (SSSR count). The molecule has 1 amide bonds. The lowest BCUT2D eigenvalue weighted by molar-refractivity contribution is -0.253. The van der Waals surface area contributed by atoms with Gasteiger partial charge in [0.1, 0.15) is 0 Å². The molecule has 1 N–H and O–H groups in total. The maximum atomic E-state index is 12.7. The van der Waals surface area contributed by atoms with E-state index in [4.69, 9.17) is 0 Å². The summed E-state index contributed by atoms with van der Waals surface area (Å²) < 4.78 is 38.2. The van der Waals surface area contributed by atoms with Crippen molar-refractivity contribution in [1.29, 1.82) is 0 Å². The normalized spacial score (nSPS) is 23.2. The molecule has 0 aliphatic carbocycles. The number of hydrogen-bond acceptors (Lipinski definition) is 2. The average molecular weight is 287 g/mol. The van der Waals surface area contributed by atoms with Gasteiger partial charge in [-0.05, 0) is 31.0 Å². The van der Waals surface area contributed by atoms with Gasteiger partial charge in [-0.25, -0.2) is 0 Å². The molecule has 1 fully saturated rings. The molecule has 1 aliphatic heterocycles. The number of benzene rings is 1. The van der Waals surface area contributed by atoms with Crippen molar-refractivity contribution in [3.05, 3.63) is 34.9 Å². The van der Waals surface area contributed by atoms with Crippen LogP contribution in [0.1, 0.15) is 27.9 Å². The van der Waals surface area contributed by atoms with Gasteiger partial charge in [0, 0.05) is 18.5 Å². The first-order valence-corrected chi connectivity index (χ1v) is 6.30. The van der Waals surface area contributed by atoms with Gasteiger partial charge in [0.2, 0.25) is 0 Å². The molecule has 0 radical (unpaired) electrons. The highest BCUT2D eigenvalue weighted by Gasteiger charge is 2.57. The monoisotopic (exact) mass is 287 g/mol. The maximum Gasteiger partial charge on any atom is 0.419 e. The summed E-state index contributed by atoms with van der Waals surface area (Å²) in [6, 6.07) is 5.12. The fourth-order valence-corrected chi connectivity index (χ4v) is 2.35. The Morgan fingerprint density at radius 3 is 2.55 bits per heavy atom. The summed E-state index contributed by atoms with van der Waals surface area (Å²) in [4.78, 5) is 13.3. The van der Waals surface area contributed by atoms with E-state index in [-0.39, 0.29) is 6.54 Å². The lowest BCUT2D eigenvalue weighted by Crippen LogP contribution is -2.48. The van der Waals surface area contributed by atoms with Gasteiger partial charge >= 0.3 is 6.18 Å². The Hall–Kier alpha value is -1.56. The van der Waals surface area contributed by atoms with Gasteiger partial charge in [-0.1, -0.05) is 12.1 Å². The number of hydrogen-bond donors (Lipinski definition) is 1. The standard InChI is InChI=1S/C14H16F3NO2/c1-9-4-3-5-11(10(9)2)12(19)18-7-6-13(20,8-18)14(15,16)17/h3-5,20H,6-8H2,1-2H3/t13-/m1/s1. The molecule has 6 heteroatoms. The van der Waals surface area contributed by atoms with E-state index in [2.05, 4.69) is 0 Å². The second-order valence-corrected chi connectivity index (χ2v) is 5.25. The first-order valence-electron chi connectivity index (χ1n) is 6.30. The van der Waals surface area contributed by atoms with E-state index in [1.165, 1.54) is 0 Å². The number of amides is 1. The lowest BCUT2D eigenvalue weighted by Gasteiger charge is -2.26. The molecule has 0 aromatic heterocycles. The van der Waals surface area contributed by atoms with Crippen LogP contribution in [0.25, 0.3) is 0 Å². The van der Waals surface area contributed by atoms with E-state index >= 15 is 0 Å². The van der Waals surface area contributed by atoms with Crippen molar-refractivity contribution in [2.45, 2.75) is 32.0 Å². The summed E-state index contributed by atoms with van der Waals surface area (Å²) in [5.74, 6) is -0.466. The van der Waals surface area contributed by atoms with Crippen molar-refractivity contribution >= 4 is 5.91 Å². The van der Waals surface area contributed by atoms with Crippen LogP contribution in [-0.4, -0.2) is 40.8 Å². The first kappa shape index (κ1) is 14.8. The van der Waals surface area contributed by atoms with Crippen LogP contribution in [-0.2, 0) is 0 Å². The Morgan fingerprint density at radius 2 is 2.00 bits per heavy atom. The van der Waals surface area contributed by atoms with Crippen molar-refractivity contribution in [3.8, 4) is 0 Å². The average Bonchev–Trinajstić information content (AvgIpc) is 2.75. The smallest absolute Gasteiger partial charge is 0.379 e. The zero-order chi connectivity index (χ0) is 15.1. The zero-order valence-corrected chi connectivity index (χ0v) is 11.3. The minimum Gasteiger partial charge on any atom is -0.379 e. The highest BCUT2D eigenvalue weighted by Crippen LogP contribution is 2.38. The van der Waals surface area contributed by atoms with Crippen molar-refractivity contribution in [2.24, 2.45) is 0 Å². The van der Waals surface area contributed by atoms with Crippen LogP contribution in [0, 0.1) is 13.8 Å². The number of carbonyl (C=O) groups excluding carboxylic acids is 1. The maximum absolute atomic E-state index is 12.7. The number of nitrogens with zero attached hydrogens (tertiary/aromatic N) is 1. The van der Waals surface area contributed by atoms with E-state index in [9.17, 15) is 23.1 Å². The summed E-state index contributed by atoms with van der Waals surface area (Å²) >= 11 is 0. The van der Waals surface area contributed by atoms with E-state index < -0.39 is 30.7 Å². The number of alkyl halides is 3. The molecule has 3 nitrogen and oxygen atoms in total. The van der Waals surface area contributed by atoms with Crippen LogP contribution in [0.2, 0.25) is 0 Å². The van der Waals surface area contributed by atoms with Gasteiger partial charge < -0.3 is 10.0 Å². The van der Waals surface area contributed by atoms with Crippen molar-refractivity contribution in [1.82, 2.24) is 4.90 Å². The molecule has 0 saturated carbocycles. The van der Waals surface area contributed by atoms with E-state index in [1.54, 1.807) is 19.1 Å². The summed E-state index contributed by atoms with van der Waals surface area (Å²) in [5, 5.41) is 9.60. The van der Waals surface area contributed by atoms with E-state index in [1.807, 2.05) is 13.0 Å². The number of halogens is 3. The van der Waals surface area contributed by atoms with E-state index in [0.29, 0.717) is 5.56 Å². The number of aryl methyl sites for hydroxylation is 1. The SMILES string of the molecule is Cc1cccc(C(=O)N2CC[C@](O)(C(F)(F)F)C2)c1C. The number of likely N-dealkylation sites (tertiary alicyclic amines) is 1. The summed E-state index contributed by atoms with van der Waals surface area (Å²) in [5.41, 5.74) is -0.752. The van der Waals surface area contributed by atoms with Crippen LogP contribution in [0.4, 0.5) is 13.2 Å². The lowest BCUT2D eigenvalue weighted by atomic mass is 10.0. The molecule has 0 bridgehead atoms. The van der Waals surface area contributed by atoms with E-state index in [0.717, 1.165) is 16.0 Å². The number of aliphatic hydroxyl groups is 1. The molecular formula is C14H16F3NO2. The van der Waals surface area contributed by atoms with Gasteiger partial charge in [0.15, 0.2) is 5.60 Å². The third-order valence-electron chi connectivity index (χ3n) is 3.90. The van der Waals surface area contributed by atoms with Crippen LogP contribution in [0.3, 0.4) is 0 Å². The first-order chi connectivity index (χ1) is 9.16. The van der Waals surface area contributed by atoms with Crippen molar-refractivity contribution < 1.29 is 23.1 Å². The third-order valence-corrected chi connectivity index (χ3v) is 3.90. The number of carbonyl (C=O) groups is 1. The Labute approximate surface area is 115 Å². The minimum absolute atomic E-state index is 0.0950. The van der Waals surface area contributed by atoms with Gasteiger partial charge in [0.05, 0.1) is 6.54 Å². The summed E-state index contributed by atoms with van der Waals surface area (Å²) in [6.07, 6.45) is -5.20. The largest absolute Gasteiger partial charge is 0.419 e. The zero-order valence-electron chi connectivity index (χ0n) is 11.3. The fourth-order valence-electron chi connectivity index (χ4n) is 2.35. The molecule has 0 unspecified atom stereocenters. The second-order valence-electron chi connectivity index (χ2n) is 5.25. The highest BCUT2D eigenvalue weighted by molar-refractivity contribution is 5.96. The van der Waals surface area contributed by atoms with Gasteiger partial charge in [-0.15, -0.1) is 0 Å². The van der Waals surface area contributed by atoms with Crippen LogP contribution >= 0.6 is 0 Å². The Kier molecular flexibility index (Phi) is 3.54. The molecular weight excluding hydrogens is 271 g/mol. The van der Waals surface area contributed by atoms with Crippen LogP contribution < -0.4 is 0 Å². The molecule has 1 saturated heterocycles. The number of rotatable bonds is 1. The fraction of sp³-hybridized carbons (Fsp3) is 0.500. The van der Waals surface area contributed by atoms with Gasteiger partial charge in [-0.2, -0.15) is 13.2 Å². The summed E-state index contributed by atoms with van der Waals surface area (Å²) in [7, 11) is 0. The molecule has 110 valence electrons. The number of β-amino-alcohol motifs (C(OH)–C–C–N with tert-alkyl or cyclic N) is 1.